The second-order valence-electron chi connectivity index (χ2n) is 6.09. The molecule has 0 saturated carbocycles. The van der Waals surface area contributed by atoms with Crippen LogP contribution in [-0.2, 0) is 5.16 Å². The van der Waals surface area contributed by atoms with Crippen LogP contribution in [0.15, 0.2) is 36.4 Å². The minimum Gasteiger partial charge on any atom is -0.497 e. The number of hydrogen-bond donors (Lipinski definition) is 0. The van der Waals surface area contributed by atoms with E-state index >= 15 is 0 Å². The van der Waals surface area contributed by atoms with Crippen LogP contribution in [0.1, 0.15) is 41.8 Å². The van der Waals surface area contributed by atoms with Crippen molar-refractivity contribution in [3.8, 4) is 11.5 Å². The highest BCUT2D eigenvalue weighted by Gasteiger charge is 2.30. The quantitative estimate of drug-likeness (QED) is 0.550. The molecule has 2 unspecified atom stereocenters. The van der Waals surface area contributed by atoms with Gasteiger partial charge in [0.2, 0.25) is 0 Å². The minimum atomic E-state index is -0.132. The Morgan fingerprint density at radius 3 is 2.46 bits per heavy atom. The lowest BCUT2D eigenvalue weighted by Gasteiger charge is -2.31. The third-order valence-electron chi connectivity index (χ3n) is 4.45. The van der Waals surface area contributed by atoms with Crippen molar-refractivity contribution >= 4 is 20.2 Å². The van der Waals surface area contributed by atoms with Crippen molar-refractivity contribution in [3.05, 3.63) is 53.1 Å². The first-order valence-corrected chi connectivity index (χ1v) is 9.04. The molecule has 0 aromatic heterocycles. The van der Waals surface area contributed by atoms with Crippen LogP contribution in [0.3, 0.4) is 0 Å². The second-order valence-corrected chi connectivity index (χ2v) is 7.98. The normalized spacial score (nSPS) is 13.7. The molecule has 0 spiro atoms. The molecule has 24 heavy (non-hydrogen) atoms. The molecule has 0 radical (unpaired) electrons. The molecular weight excluding hydrogens is 319 g/mol. The summed E-state index contributed by atoms with van der Waals surface area (Å²) in [7, 11) is 3.81. The molecule has 0 aliphatic rings. The van der Waals surface area contributed by atoms with Crippen LogP contribution in [0, 0.1) is 6.92 Å². The SMILES string of the molecule is CCC(C)(Pc1ccc(C)cc1C=O)c1cc(OC)ccc1OC. The van der Waals surface area contributed by atoms with E-state index in [4.69, 9.17) is 9.47 Å². The van der Waals surface area contributed by atoms with E-state index < -0.39 is 0 Å². The Labute approximate surface area is 146 Å². The van der Waals surface area contributed by atoms with Crippen LogP contribution >= 0.6 is 8.58 Å². The average molecular weight is 344 g/mol. The van der Waals surface area contributed by atoms with Crippen molar-refractivity contribution in [1.29, 1.82) is 0 Å². The van der Waals surface area contributed by atoms with Gasteiger partial charge in [0.05, 0.1) is 14.2 Å². The molecule has 2 aromatic rings. The summed E-state index contributed by atoms with van der Waals surface area (Å²) in [5.74, 6) is 1.67. The first-order chi connectivity index (χ1) is 11.5. The third kappa shape index (κ3) is 3.79. The second kappa shape index (κ2) is 7.81. The minimum absolute atomic E-state index is 0.132. The molecule has 0 N–H and O–H groups in total. The van der Waals surface area contributed by atoms with Gasteiger partial charge in [-0.25, -0.2) is 0 Å². The Morgan fingerprint density at radius 2 is 1.88 bits per heavy atom. The lowest BCUT2D eigenvalue weighted by Crippen LogP contribution is -2.21. The molecule has 3 nitrogen and oxygen atoms in total. The van der Waals surface area contributed by atoms with E-state index in [1.807, 2.05) is 31.2 Å². The van der Waals surface area contributed by atoms with E-state index in [2.05, 4.69) is 26.0 Å². The summed E-state index contributed by atoms with van der Waals surface area (Å²) >= 11 is 0. The molecule has 2 aromatic carbocycles. The van der Waals surface area contributed by atoms with Crippen LogP contribution in [0.25, 0.3) is 0 Å². The standard InChI is InChI=1S/C20H25O3P/c1-6-20(3,17-12-16(22-4)8-9-18(17)23-5)24-19-10-7-14(2)11-15(19)13-21/h7-13,24H,6H2,1-5H3. The summed E-state index contributed by atoms with van der Waals surface area (Å²) in [6.45, 7) is 6.39. The van der Waals surface area contributed by atoms with Crippen molar-refractivity contribution in [1.82, 2.24) is 0 Å². The summed E-state index contributed by atoms with van der Waals surface area (Å²) in [6, 6.07) is 12.0. The van der Waals surface area contributed by atoms with Gasteiger partial charge in [-0.05, 0) is 42.9 Å². The van der Waals surface area contributed by atoms with E-state index in [0.29, 0.717) is 8.58 Å². The van der Waals surface area contributed by atoms with Gasteiger partial charge in [0, 0.05) is 16.3 Å². The molecule has 0 fully saturated rings. The van der Waals surface area contributed by atoms with Crippen LogP contribution in [0.2, 0.25) is 0 Å². The summed E-state index contributed by atoms with van der Waals surface area (Å²) in [4.78, 5) is 11.5. The number of aldehydes is 1. The zero-order valence-corrected chi connectivity index (χ0v) is 16.0. The van der Waals surface area contributed by atoms with Gasteiger partial charge in [0.15, 0.2) is 6.29 Å². The van der Waals surface area contributed by atoms with Gasteiger partial charge in [0.25, 0.3) is 0 Å². The molecule has 0 aliphatic heterocycles. The molecule has 4 heteroatoms. The van der Waals surface area contributed by atoms with Gasteiger partial charge in [-0.1, -0.05) is 40.1 Å². The van der Waals surface area contributed by atoms with E-state index in [1.54, 1.807) is 14.2 Å². The number of ether oxygens (including phenoxy) is 2. The van der Waals surface area contributed by atoms with E-state index in [9.17, 15) is 4.79 Å². The fraction of sp³-hybridized carbons (Fsp3) is 0.350. The Kier molecular flexibility index (Phi) is 6.01. The predicted molar refractivity (Wildman–Crippen MR) is 102 cm³/mol. The number of hydrogen-bond acceptors (Lipinski definition) is 3. The highest BCUT2D eigenvalue weighted by molar-refractivity contribution is 7.48. The van der Waals surface area contributed by atoms with Crippen molar-refractivity contribution in [2.24, 2.45) is 0 Å². The fourth-order valence-electron chi connectivity index (χ4n) is 2.78. The fourth-order valence-corrected chi connectivity index (χ4v) is 4.33. The van der Waals surface area contributed by atoms with E-state index in [1.165, 1.54) is 0 Å². The third-order valence-corrected chi connectivity index (χ3v) is 6.35. The Balaban J connectivity index is 2.51. The van der Waals surface area contributed by atoms with Crippen molar-refractivity contribution in [2.75, 3.05) is 14.2 Å². The highest BCUT2D eigenvalue weighted by Crippen LogP contribution is 2.48. The number of carbonyl (C=O) groups is 1. The summed E-state index contributed by atoms with van der Waals surface area (Å²) < 4.78 is 11.0. The molecule has 2 rings (SSSR count). The van der Waals surface area contributed by atoms with Gasteiger partial charge < -0.3 is 9.47 Å². The molecule has 0 bridgehead atoms. The summed E-state index contributed by atoms with van der Waals surface area (Å²) in [6.07, 6.45) is 1.88. The van der Waals surface area contributed by atoms with Gasteiger partial charge in [-0.3, -0.25) is 4.79 Å². The van der Waals surface area contributed by atoms with Gasteiger partial charge >= 0.3 is 0 Å². The predicted octanol–water partition coefficient (Wildman–Crippen LogP) is 4.45. The Bertz CT molecular complexity index is 727. The molecule has 128 valence electrons. The lowest BCUT2D eigenvalue weighted by atomic mass is 9.96. The number of carbonyl (C=O) groups excluding carboxylic acids is 1. The van der Waals surface area contributed by atoms with Gasteiger partial charge in [0.1, 0.15) is 11.5 Å². The zero-order chi connectivity index (χ0) is 17.7. The highest BCUT2D eigenvalue weighted by atomic mass is 31.1. The maximum absolute atomic E-state index is 11.5. The van der Waals surface area contributed by atoms with E-state index in [-0.39, 0.29) is 5.16 Å². The smallest absolute Gasteiger partial charge is 0.150 e. The van der Waals surface area contributed by atoms with Gasteiger partial charge in [-0.15, -0.1) is 0 Å². The maximum Gasteiger partial charge on any atom is 0.150 e. The van der Waals surface area contributed by atoms with Crippen molar-refractivity contribution in [3.63, 3.8) is 0 Å². The van der Waals surface area contributed by atoms with Crippen molar-refractivity contribution < 1.29 is 14.3 Å². The lowest BCUT2D eigenvalue weighted by molar-refractivity contribution is 0.112. The Hall–Kier alpha value is -1.86. The summed E-state index contributed by atoms with van der Waals surface area (Å²) in [5, 5.41) is 0.956. The Morgan fingerprint density at radius 1 is 1.12 bits per heavy atom. The average Bonchev–Trinajstić information content (AvgIpc) is 2.62. The van der Waals surface area contributed by atoms with Crippen LogP contribution in [0.4, 0.5) is 0 Å². The van der Waals surface area contributed by atoms with E-state index in [0.717, 1.165) is 46.2 Å². The first kappa shape index (κ1) is 18.5. The topological polar surface area (TPSA) is 35.5 Å². The largest absolute Gasteiger partial charge is 0.497 e. The van der Waals surface area contributed by atoms with Gasteiger partial charge in [-0.2, -0.15) is 0 Å². The number of rotatable bonds is 7. The van der Waals surface area contributed by atoms with Crippen molar-refractivity contribution in [2.45, 2.75) is 32.3 Å². The molecule has 0 heterocycles. The maximum atomic E-state index is 11.5. The monoisotopic (exact) mass is 344 g/mol. The number of benzene rings is 2. The first-order valence-electron chi connectivity index (χ1n) is 8.04. The molecule has 0 saturated heterocycles. The molecule has 2 atom stereocenters. The zero-order valence-electron chi connectivity index (χ0n) is 15.0. The molecule has 0 aliphatic carbocycles. The molecular formula is C20H25O3P. The van der Waals surface area contributed by atoms with Crippen LogP contribution in [0.5, 0.6) is 11.5 Å². The van der Waals surface area contributed by atoms with Crippen LogP contribution < -0.4 is 14.8 Å². The van der Waals surface area contributed by atoms with Crippen LogP contribution in [-0.4, -0.2) is 20.5 Å². The molecule has 0 amide bonds. The number of methoxy groups -OCH3 is 2. The summed E-state index contributed by atoms with van der Waals surface area (Å²) in [5.41, 5.74) is 2.99. The number of aryl methyl sites for hydroxylation is 1.